The highest BCUT2D eigenvalue weighted by Gasteiger charge is 2.22. The number of rotatable bonds is 0. The number of hydrogen-bond acceptors (Lipinski definition) is 1. The summed E-state index contributed by atoms with van der Waals surface area (Å²) >= 11 is 0. The number of carbonyl (C=O) groups is 1. The van der Waals surface area contributed by atoms with Gasteiger partial charge in [-0.2, -0.15) is 0 Å². The number of amides is 1. The topological polar surface area (TPSA) is 29.1 Å². The maximum Gasteiger partial charge on any atom is 0.256 e. The molecule has 12 heavy (non-hydrogen) atoms. The lowest BCUT2D eigenvalue weighted by molar-refractivity contribution is -0.115. The Morgan fingerprint density at radius 2 is 2.25 bits per heavy atom. The number of carbonyl (C=O) groups excluding carboxylic acids is 1. The van der Waals surface area contributed by atoms with Crippen LogP contribution in [-0.4, -0.2) is 5.91 Å². The quantitative estimate of drug-likeness (QED) is 0.569. The van der Waals surface area contributed by atoms with E-state index in [0.717, 1.165) is 23.3 Å². The lowest BCUT2D eigenvalue weighted by atomic mass is 10.1. The van der Waals surface area contributed by atoms with Gasteiger partial charge in [-0.1, -0.05) is 24.8 Å². The Kier molecular flexibility index (Phi) is 1.47. The van der Waals surface area contributed by atoms with Crippen molar-refractivity contribution in [3.63, 3.8) is 0 Å². The molecule has 1 amide bonds. The summed E-state index contributed by atoms with van der Waals surface area (Å²) in [5, 5.41) is 2.69. The fourth-order valence-electron chi connectivity index (χ4n) is 1.41. The maximum absolute atomic E-state index is 11.3. The summed E-state index contributed by atoms with van der Waals surface area (Å²) in [4.78, 5) is 11.3. The fraction of sp³-hybridized carbons (Fsp3) is 0.100. The van der Waals surface area contributed by atoms with Crippen molar-refractivity contribution in [3.8, 4) is 0 Å². The van der Waals surface area contributed by atoms with Gasteiger partial charge < -0.3 is 5.32 Å². The van der Waals surface area contributed by atoms with Crippen molar-refractivity contribution in [3.05, 3.63) is 47.7 Å². The highest BCUT2D eigenvalue weighted by Crippen LogP contribution is 2.25. The van der Waals surface area contributed by atoms with E-state index in [0.29, 0.717) is 0 Å². The Morgan fingerprint density at radius 3 is 3.08 bits per heavy atom. The Morgan fingerprint density at radius 1 is 1.42 bits per heavy atom. The zero-order valence-corrected chi connectivity index (χ0v) is 6.63. The summed E-state index contributed by atoms with van der Waals surface area (Å²) in [6.07, 6.45) is 8.45. The second kappa shape index (κ2) is 2.48. The number of allylic oxidation sites excluding steroid dienone is 4. The highest BCUT2D eigenvalue weighted by atomic mass is 16.1. The molecule has 0 saturated carbocycles. The summed E-state index contributed by atoms with van der Waals surface area (Å²) in [5.74, 6) is -0.0325. The van der Waals surface area contributed by atoms with Crippen LogP contribution in [0.15, 0.2) is 47.7 Å². The first-order chi connectivity index (χ1) is 5.79. The lowest BCUT2D eigenvalue weighted by Crippen LogP contribution is -2.15. The molecule has 1 N–H and O–H groups in total. The van der Waals surface area contributed by atoms with Gasteiger partial charge in [0.25, 0.3) is 5.91 Å². The smallest absolute Gasteiger partial charge is 0.256 e. The standard InChI is InChI=1S/C10H9NO/c1-7-8-5-3-2-4-6-9(8)10(12)11-7/h2-4,6H,1,5H2,(H,11,12). The van der Waals surface area contributed by atoms with Gasteiger partial charge in [0.05, 0.1) is 0 Å². The minimum atomic E-state index is -0.0325. The normalized spacial score (nSPS) is 21.0. The van der Waals surface area contributed by atoms with Crippen LogP contribution in [0.25, 0.3) is 0 Å². The molecule has 0 aromatic heterocycles. The Bertz CT molecular complexity index is 345. The fourth-order valence-corrected chi connectivity index (χ4v) is 1.41. The van der Waals surface area contributed by atoms with E-state index in [1.807, 2.05) is 24.3 Å². The van der Waals surface area contributed by atoms with Gasteiger partial charge in [0, 0.05) is 11.3 Å². The molecule has 0 spiro atoms. The average molecular weight is 159 g/mol. The highest BCUT2D eigenvalue weighted by molar-refractivity contribution is 6.02. The van der Waals surface area contributed by atoms with E-state index < -0.39 is 0 Å². The van der Waals surface area contributed by atoms with Crippen LogP contribution >= 0.6 is 0 Å². The van der Waals surface area contributed by atoms with E-state index >= 15 is 0 Å². The van der Waals surface area contributed by atoms with Crippen molar-refractivity contribution in [1.29, 1.82) is 0 Å². The largest absolute Gasteiger partial charge is 0.322 e. The van der Waals surface area contributed by atoms with Gasteiger partial charge in [0.2, 0.25) is 0 Å². The van der Waals surface area contributed by atoms with E-state index in [9.17, 15) is 4.79 Å². The third-order valence-corrected chi connectivity index (χ3v) is 2.03. The van der Waals surface area contributed by atoms with Crippen LogP contribution in [0.2, 0.25) is 0 Å². The molecule has 1 aliphatic heterocycles. The van der Waals surface area contributed by atoms with Gasteiger partial charge in [0.15, 0.2) is 0 Å². The zero-order chi connectivity index (χ0) is 8.55. The summed E-state index contributed by atoms with van der Waals surface area (Å²) in [6.45, 7) is 3.77. The molecular weight excluding hydrogens is 150 g/mol. The molecule has 60 valence electrons. The van der Waals surface area contributed by atoms with Gasteiger partial charge in [-0.05, 0) is 18.1 Å². The van der Waals surface area contributed by atoms with E-state index in [1.54, 1.807) is 0 Å². The van der Waals surface area contributed by atoms with Crippen molar-refractivity contribution in [2.75, 3.05) is 0 Å². The summed E-state index contributed by atoms with van der Waals surface area (Å²) in [6, 6.07) is 0. The summed E-state index contributed by atoms with van der Waals surface area (Å²) in [7, 11) is 0. The van der Waals surface area contributed by atoms with Crippen LogP contribution < -0.4 is 5.32 Å². The van der Waals surface area contributed by atoms with Crippen LogP contribution in [0.5, 0.6) is 0 Å². The Labute approximate surface area is 71.0 Å². The summed E-state index contributed by atoms with van der Waals surface area (Å²) in [5.41, 5.74) is 2.52. The molecule has 1 heterocycles. The van der Waals surface area contributed by atoms with Gasteiger partial charge in [0.1, 0.15) is 0 Å². The van der Waals surface area contributed by atoms with E-state index in [-0.39, 0.29) is 5.91 Å². The molecule has 0 atom stereocenters. The molecule has 0 saturated heterocycles. The van der Waals surface area contributed by atoms with E-state index in [2.05, 4.69) is 11.9 Å². The van der Waals surface area contributed by atoms with Crippen molar-refractivity contribution in [1.82, 2.24) is 5.32 Å². The monoisotopic (exact) mass is 159 g/mol. The molecule has 0 unspecified atom stereocenters. The van der Waals surface area contributed by atoms with Gasteiger partial charge >= 0.3 is 0 Å². The third-order valence-electron chi connectivity index (χ3n) is 2.03. The molecule has 0 radical (unpaired) electrons. The Balaban J connectivity index is 2.50. The second-order valence-corrected chi connectivity index (χ2v) is 2.82. The molecule has 1 aliphatic carbocycles. The zero-order valence-electron chi connectivity index (χ0n) is 6.63. The second-order valence-electron chi connectivity index (χ2n) is 2.82. The van der Waals surface area contributed by atoms with Crippen LogP contribution in [0.4, 0.5) is 0 Å². The van der Waals surface area contributed by atoms with Crippen molar-refractivity contribution in [2.24, 2.45) is 0 Å². The number of nitrogens with one attached hydrogen (secondary N) is 1. The van der Waals surface area contributed by atoms with Crippen molar-refractivity contribution >= 4 is 5.91 Å². The van der Waals surface area contributed by atoms with Crippen LogP contribution in [0.1, 0.15) is 6.42 Å². The van der Waals surface area contributed by atoms with E-state index in [1.165, 1.54) is 0 Å². The molecule has 2 nitrogen and oxygen atoms in total. The molecule has 0 aromatic rings. The predicted molar refractivity (Wildman–Crippen MR) is 47.2 cm³/mol. The van der Waals surface area contributed by atoms with Crippen LogP contribution in [0, 0.1) is 0 Å². The first-order valence-electron chi connectivity index (χ1n) is 3.86. The minimum Gasteiger partial charge on any atom is -0.322 e. The average Bonchev–Trinajstić information content (AvgIpc) is 2.29. The number of hydrogen-bond donors (Lipinski definition) is 1. The molecule has 2 rings (SSSR count). The van der Waals surface area contributed by atoms with Crippen LogP contribution in [0.3, 0.4) is 0 Å². The molecule has 0 aromatic carbocycles. The molecule has 0 bridgehead atoms. The third kappa shape index (κ3) is 0.925. The van der Waals surface area contributed by atoms with Crippen molar-refractivity contribution < 1.29 is 4.79 Å². The first-order valence-corrected chi connectivity index (χ1v) is 3.86. The van der Waals surface area contributed by atoms with Gasteiger partial charge in [-0.3, -0.25) is 4.79 Å². The first kappa shape index (κ1) is 7.10. The van der Waals surface area contributed by atoms with E-state index in [4.69, 9.17) is 0 Å². The predicted octanol–water partition coefficient (Wildman–Crippen LogP) is 1.44. The molecule has 0 fully saturated rings. The molecular formula is C10H9NO. The maximum atomic E-state index is 11.3. The van der Waals surface area contributed by atoms with Gasteiger partial charge in [-0.25, -0.2) is 0 Å². The minimum absolute atomic E-state index is 0.0325. The molecule has 2 aliphatic rings. The Hall–Kier alpha value is -1.57. The van der Waals surface area contributed by atoms with Crippen molar-refractivity contribution in [2.45, 2.75) is 6.42 Å². The van der Waals surface area contributed by atoms with Crippen LogP contribution in [-0.2, 0) is 4.79 Å². The summed E-state index contributed by atoms with van der Waals surface area (Å²) < 4.78 is 0. The molecule has 2 heteroatoms. The lowest BCUT2D eigenvalue weighted by Gasteiger charge is -1.97. The van der Waals surface area contributed by atoms with Gasteiger partial charge in [-0.15, -0.1) is 0 Å². The SMILES string of the molecule is C=C1NC(=O)C2=C1CC=CC=C2.